The van der Waals surface area contributed by atoms with E-state index in [1.54, 1.807) is 6.92 Å². The maximum atomic E-state index is 10.7. The Morgan fingerprint density at radius 1 is 1.55 bits per heavy atom. The van der Waals surface area contributed by atoms with Crippen molar-refractivity contribution in [2.24, 2.45) is 0 Å². The molecule has 1 unspecified atom stereocenters. The molecule has 0 N–H and O–H groups in total. The smallest absolute Gasteiger partial charge is 0.158 e. The van der Waals surface area contributed by atoms with E-state index in [1.807, 2.05) is 13.8 Å². The second-order valence-electron chi connectivity index (χ2n) is 2.71. The number of hydrogen-bond acceptors (Lipinski definition) is 2. The van der Waals surface area contributed by atoms with Crippen LogP contribution in [0.15, 0.2) is 11.8 Å². The SMILES string of the molecule is CCC(C)O/C=C(\C)C(C)=O. The Morgan fingerprint density at radius 2 is 2.09 bits per heavy atom. The minimum atomic E-state index is 0.0632. The quantitative estimate of drug-likeness (QED) is 0.461. The van der Waals surface area contributed by atoms with Gasteiger partial charge in [0.15, 0.2) is 5.78 Å². The van der Waals surface area contributed by atoms with Gasteiger partial charge in [-0.1, -0.05) is 6.92 Å². The van der Waals surface area contributed by atoms with Gasteiger partial charge in [-0.05, 0) is 27.2 Å². The molecule has 0 aliphatic carbocycles. The van der Waals surface area contributed by atoms with Crippen molar-refractivity contribution in [2.45, 2.75) is 40.2 Å². The molecule has 0 amide bonds. The number of ketones is 1. The van der Waals surface area contributed by atoms with Gasteiger partial charge in [-0.25, -0.2) is 0 Å². The van der Waals surface area contributed by atoms with E-state index in [-0.39, 0.29) is 11.9 Å². The van der Waals surface area contributed by atoms with Gasteiger partial charge in [0.05, 0.1) is 12.4 Å². The van der Waals surface area contributed by atoms with Gasteiger partial charge in [-0.2, -0.15) is 0 Å². The van der Waals surface area contributed by atoms with Crippen LogP contribution in [0.1, 0.15) is 34.1 Å². The number of ether oxygens (including phenoxy) is 1. The van der Waals surface area contributed by atoms with E-state index >= 15 is 0 Å². The number of allylic oxidation sites excluding steroid dienone is 1. The van der Waals surface area contributed by atoms with Crippen molar-refractivity contribution in [1.82, 2.24) is 0 Å². The van der Waals surface area contributed by atoms with Crippen LogP contribution in [0.25, 0.3) is 0 Å². The minimum absolute atomic E-state index is 0.0632. The molecule has 0 aromatic heterocycles. The zero-order valence-corrected chi connectivity index (χ0v) is 7.68. The lowest BCUT2D eigenvalue weighted by Gasteiger charge is -2.07. The molecule has 0 radical (unpaired) electrons. The fourth-order valence-corrected chi connectivity index (χ4v) is 0.397. The standard InChI is InChI=1S/C9H16O2/c1-5-8(3)11-6-7(2)9(4)10/h6,8H,5H2,1-4H3/b7-6+. The van der Waals surface area contributed by atoms with E-state index < -0.39 is 0 Å². The third-order valence-corrected chi connectivity index (χ3v) is 1.61. The van der Waals surface area contributed by atoms with E-state index in [2.05, 4.69) is 0 Å². The average Bonchev–Trinajstić information content (AvgIpc) is 1.99. The lowest BCUT2D eigenvalue weighted by Crippen LogP contribution is -2.02. The lowest BCUT2D eigenvalue weighted by atomic mass is 10.2. The summed E-state index contributed by atoms with van der Waals surface area (Å²) in [5.74, 6) is 0.0632. The van der Waals surface area contributed by atoms with Crippen LogP contribution >= 0.6 is 0 Å². The van der Waals surface area contributed by atoms with Gasteiger partial charge in [0.25, 0.3) is 0 Å². The minimum Gasteiger partial charge on any atom is -0.498 e. The predicted molar refractivity (Wildman–Crippen MR) is 45.3 cm³/mol. The maximum Gasteiger partial charge on any atom is 0.158 e. The van der Waals surface area contributed by atoms with E-state index in [4.69, 9.17) is 4.74 Å². The lowest BCUT2D eigenvalue weighted by molar-refractivity contribution is -0.113. The van der Waals surface area contributed by atoms with Gasteiger partial charge in [-0.15, -0.1) is 0 Å². The Balaban J connectivity index is 3.82. The van der Waals surface area contributed by atoms with Crippen LogP contribution in [0, 0.1) is 0 Å². The first-order valence-electron chi connectivity index (χ1n) is 3.91. The predicted octanol–water partition coefficient (Wildman–Crippen LogP) is 2.29. The topological polar surface area (TPSA) is 26.3 Å². The highest BCUT2D eigenvalue weighted by molar-refractivity contribution is 5.92. The fraction of sp³-hybridized carbons (Fsp3) is 0.667. The highest BCUT2D eigenvalue weighted by atomic mass is 16.5. The number of hydrogen-bond donors (Lipinski definition) is 0. The molecule has 0 spiro atoms. The monoisotopic (exact) mass is 156 g/mol. The second-order valence-corrected chi connectivity index (χ2v) is 2.71. The summed E-state index contributed by atoms with van der Waals surface area (Å²) in [7, 11) is 0. The number of Topliss-reactive ketones (excluding diaryl/α,β-unsaturated/α-hetero) is 1. The molecule has 0 aliphatic rings. The second kappa shape index (κ2) is 4.94. The number of carbonyl (C=O) groups excluding carboxylic acids is 1. The summed E-state index contributed by atoms with van der Waals surface area (Å²) in [5, 5.41) is 0. The van der Waals surface area contributed by atoms with Gasteiger partial charge in [0.1, 0.15) is 0 Å². The zero-order chi connectivity index (χ0) is 8.85. The van der Waals surface area contributed by atoms with Crippen molar-refractivity contribution in [2.75, 3.05) is 0 Å². The molecule has 0 aliphatic heterocycles. The van der Waals surface area contributed by atoms with E-state index in [0.29, 0.717) is 5.57 Å². The Morgan fingerprint density at radius 3 is 2.45 bits per heavy atom. The number of rotatable bonds is 4. The maximum absolute atomic E-state index is 10.7. The van der Waals surface area contributed by atoms with Gasteiger partial charge < -0.3 is 4.74 Å². The van der Waals surface area contributed by atoms with Crippen LogP contribution in [0.5, 0.6) is 0 Å². The molecular weight excluding hydrogens is 140 g/mol. The van der Waals surface area contributed by atoms with Gasteiger partial charge in [0.2, 0.25) is 0 Å². The normalized spacial score (nSPS) is 14.4. The molecule has 11 heavy (non-hydrogen) atoms. The largest absolute Gasteiger partial charge is 0.498 e. The van der Waals surface area contributed by atoms with Crippen molar-refractivity contribution in [3.05, 3.63) is 11.8 Å². The van der Waals surface area contributed by atoms with Crippen molar-refractivity contribution < 1.29 is 9.53 Å². The van der Waals surface area contributed by atoms with Gasteiger partial charge >= 0.3 is 0 Å². The van der Waals surface area contributed by atoms with E-state index in [9.17, 15) is 4.79 Å². The first kappa shape index (κ1) is 10.2. The Bertz CT molecular complexity index is 159. The number of carbonyl (C=O) groups is 1. The van der Waals surface area contributed by atoms with E-state index in [0.717, 1.165) is 6.42 Å². The molecule has 0 saturated carbocycles. The van der Waals surface area contributed by atoms with Crippen molar-refractivity contribution >= 4 is 5.78 Å². The molecule has 0 fully saturated rings. The molecule has 64 valence electrons. The molecule has 0 aromatic rings. The van der Waals surface area contributed by atoms with Gasteiger partial charge in [-0.3, -0.25) is 4.79 Å². The summed E-state index contributed by atoms with van der Waals surface area (Å²) in [6, 6.07) is 0. The van der Waals surface area contributed by atoms with Crippen LogP contribution in [0.3, 0.4) is 0 Å². The molecule has 2 nitrogen and oxygen atoms in total. The summed E-state index contributed by atoms with van der Waals surface area (Å²) in [6.07, 6.45) is 2.70. The molecule has 2 heteroatoms. The molecule has 0 rings (SSSR count). The summed E-state index contributed by atoms with van der Waals surface area (Å²) in [6.45, 7) is 7.31. The Labute approximate surface area is 68.2 Å². The summed E-state index contributed by atoms with van der Waals surface area (Å²) in [5.41, 5.74) is 0.672. The third-order valence-electron chi connectivity index (χ3n) is 1.61. The summed E-state index contributed by atoms with van der Waals surface area (Å²) < 4.78 is 5.23. The molecule has 1 atom stereocenters. The van der Waals surface area contributed by atoms with Crippen molar-refractivity contribution in [3.63, 3.8) is 0 Å². The summed E-state index contributed by atoms with van der Waals surface area (Å²) >= 11 is 0. The Hall–Kier alpha value is -0.790. The van der Waals surface area contributed by atoms with Gasteiger partial charge in [0, 0.05) is 5.57 Å². The third kappa shape index (κ3) is 4.59. The van der Waals surface area contributed by atoms with E-state index in [1.165, 1.54) is 13.2 Å². The van der Waals surface area contributed by atoms with Crippen LogP contribution < -0.4 is 0 Å². The summed E-state index contributed by atoms with van der Waals surface area (Å²) in [4.78, 5) is 10.7. The van der Waals surface area contributed by atoms with Crippen molar-refractivity contribution in [3.8, 4) is 0 Å². The van der Waals surface area contributed by atoms with Crippen LogP contribution in [-0.4, -0.2) is 11.9 Å². The first-order chi connectivity index (χ1) is 5.07. The highest BCUT2D eigenvalue weighted by Crippen LogP contribution is 2.00. The average molecular weight is 156 g/mol. The molecule has 0 aromatic carbocycles. The molecule has 0 saturated heterocycles. The van der Waals surface area contributed by atoms with Crippen LogP contribution in [-0.2, 0) is 9.53 Å². The molecule has 0 bridgehead atoms. The zero-order valence-electron chi connectivity index (χ0n) is 7.68. The van der Waals surface area contributed by atoms with Crippen molar-refractivity contribution in [1.29, 1.82) is 0 Å². The molecular formula is C9H16O2. The van der Waals surface area contributed by atoms with Crippen LogP contribution in [0.4, 0.5) is 0 Å². The Kier molecular flexibility index (Phi) is 4.59. The molecule has 0 heterocycles. The fourth-order valence-electron chi connectivity index (χ4n) is 0.397. The van der Waals surface area contributed by atoms with Crippen LogP contribution in [0.2, 0.25) is 0 Å². The first-order valence-corrected chi connectivity index (χ1v) is 3.91. The highest BCUT2D eigenvalue weighted by Gasteiger charge is 1.98.